The summed E-state index contributed by atoms with van der Waals surface area (Å²) in [6.45, 7) is 4.02. The molecule has 3 rings (SSSR count). The Morgan fingerprint density at radius 2 is 1.80 bits per heavy atom. The second kappa shape index (κ2) is 9.56. The average Bonchev–Trinajstić information content (AvgIpc) is 3.25. The SMILES string of the molecule is Cc1ccccc1C(C)NC(=O)/C=C/c1ccc(S(=O)(=O)NCc2ccco2)cc1. The number of furan rings is 1. The average molecular weight is 425 g/mol. The molecule has 1 heterocycles. The fourth-order valence-corrected chi connectivity index (χ4v) is 4.00. The van der Waals surface area contributed by atoms with E-state index in [1.807, 2.05) is 38.1 Å². The van der Waals surface area contributed by atoms with Crippen LogP contribution in [0, 0.1) is 6.92 Å². The van der Waals surface area contributed by atoms with Crippen molar-refractivity contribution in [1.29, 1.82) is 0 Å². The maximum atomic E-state index is 12.4. The summed E-state index contributed by atoms with van der Waals surface area (Å²) in [6, 6.07) is 17.5. The van der Waals surface area contributed by atoms with E-state index in [0.717, 1.165) is 16.7 Å². The van der Waals surface area contributed by atoms with E-state index in [-0.39, 0.29) is 23.4 Å². The molecule has 0 aliphatic heterocycles. The molecule has 2 aromatic carbocycles. The molecule has 1 aromatic heterocycles. The van der Waals surface area contributed by atoms with Crippen LogP contribution in [0.4, 0.5) is 0 Å². The highest BCUT2D eigenvalue weighted by Gasteiger charge is 2.14. The Labute approximate surface area is 176 Å². The van der Waals surface area contributed by atoms with Gasteiger partial charge in [0.2, 0.25) is 15.9 Å². The summed E-state index contributed by atoms with van der Waals surface area (Å²) in [4.78, 5) is 12.4. The third-order valence-electron chi connectivity index (χ3n) is 4.65. The van der Waals surface area contributed by atoms with E-state index in [4.69, 9.17) is 4.42 Å². The molecule has 0 aliphatic carbocycles. The highest BCUT2D eigenvalue weighted by atomic mass is 32.2. The Bertz CT molecular complexity index is 1120. The molecule has 0 saturated carbocycles. The first kappa shape index (κ1) is 21.5. The zero-order chi connectivity index (χ0) is 21.6. The monoisotopic (exact) mass is 424 g/mol. The number of hydrogen-bond donors (Lipinski definition) is 2. The minimum Gasteiger partial charge on any atom is -0.468 e. The van der Waals surface area contributed by atoms with Crippen LogP contribution in [0.2, 0.25) is 0 Å². The van der Waals surface area contributed by atoms with Gasteiger partial charge in [0.25, 0.3) is 0 Å². The summed E-state index contributed by atoms with van der Waals surface area (Å²) in [5.74, 6) is 0.312. The van der Waals surface area contributed by atoms with Crippen molar-refractivity contribution < 1.29 is 17.6 Å². The quantitative estimate of drug-likeness (QED) is 0.536. The van der Waals surface area contributed by atoms with Gasteiger partial charge in [-0.2, -0.15) is 0 Å². The predicted molar refractivity (Wildman–Crippen MR) is 116 cm³/mol. The van der Waals surface area contributed by atoms with Crippen molar-refractivity contribution in [3.63, 3.8) is 0 Å². The first-order chi connectivity index (χ1) is 14.3. The number of benzene rings is 2. The molecule has 7 heteroatoms. The summed E-state index contributed by atoms with van der Waals surface area (Å²) < 4.78 is 32.3. The zero-order valence-electron chi connectivity index (χ0n) is 16.8. The second-order valence-corrected chi connectivity index (χ2v) is 8.66. The third kappa shape index (κ3) is 5.68. The van der Waals surface area contributed by atoms with Crippen molar-refractivity contribution in [3.05, 3.63) is 95.5 Å². The molecule has 0 bridgehead atoms. The first-order valence-electron chi connectivity index (χ1n) is 9.51. The van der Waals surface area contributed by atoms with E-state index in [9.17, 15) is 13.2 Å². The van der Waals surface area contributed by atoms with Crippen LogP contribution in [-0.4, -0.2) is 14.3 Å². The summed E-state index contributed by atoms with van der Waals surface area (Å²) >= 11 is 0. The summed E-state index contributed by atoms with van der Waals surface area (Å²) in [6.07, 6.45) is 4.57. The van der Waals surface area contributed by atoms with Crippen molar-refractivity contribution in [3.8, 4) is 0 Å². The lowest BCUT2D eigenvalue weighted by Gasteiger charge is -2.15. The van der Waals surface area contributed by atoms with E-state index in [1.54, 1.807) is 30.3 Å². The highest BCUT2D eigenvalue weighted by Crippen LogP contribution is 2.17. The molecule has 1 amide bonds. The van der Waals surface area contributed by atoms with Gasteiger partial charge >= 0.3 is 0 Å². The van der Waals surface area contributed by atoms with Crippen LogP contribution < -0.4 is 10.0 Å². The van der Waals surface area contributed by atoms with E-state index in [1.165, 1.54) is 24.5 Å². The van der Waals surface area contributed by atoms with Crippen LogP contribution in [0.15, 0.2) is 82.3 Å². The number of carbonyl (C=O) groups excluding carboxylic acids is 1. The first-order valence-corrected chi connectivity index (χ1v) is 11.0. The summed E-state index contributed by atoms with van der Waals surface area (Å²) in [7, 11) is -3.65. The maximum Gasteiger partial charge on any atom is 0.244 e. The van der Waals surface area contributed by atoms with Gasteiger partial charge in [-0.15, -0.1) is 0 Å². The molecule has 0 saturated heterocycles. The lowest BCUT2D eigenvalue weighted by molar-refractivity contribution is -0.117. The van der Waals surface area contributed by atoms with Gasteiger partial charge in [-0.05, 0) is 60.9 Å². The molecule has 0 radical (unpaired) electrons. The second-order valence-electron chi connectivity index (χ2n) is 6.89. The van der Waals surface area contributed by atoms with Crippen molar-refractivity contribution in [1.82, 2.24) is 10.0 Å². The number of rotatable bonds is 8. The van der Waals surface area contributed by atoms with Gasteiger partial charge in [0.1, 0.15) is 5.76 Å². The number of nitrogens with one attached hydrogen (secondary N) is 2. The Hall–Kier alpha value is -3.16. The predicted octanol–water partition coefficient (Wildman–Crippen LogP) is 3.96. The Kier molecular flexibility index (Phi) is 6.87. The van der Waals surface area contributed by atoms with Gasteiger partial charge in [0, 0.05) is 6.08 Å². The Morgan fingerprint density at radius 1 is 1.07 bits per heavy atom. The normalized spacial score (nSPS) is 12.7. The number of amides is 1. The summed E-state index contributed by atoms with van der Waals surface area (Å²) in [5, 5.41) is 2.93. The molecule has 0 spiro atoms. The van der Waals surface area contributed by atoms with Gasteiger partial charge in [0.05, 0.1) is 23.7 Å². The van der Waals surface area contributed by atoms with Gasteiger partial charge in [-0.3, -0.25) is 4.79 Å². The smallest absolute Gasteiger partial charge is 0.244 e. The van der Waals surface area contributed by atoms with Crippen LogP contribution in [0.1, 0.15) is 35.4 Å². The van der Waals surface area contributed by atoms with Crippen LogP contribution in [0.3, 0.4) is 0 Å². The fraction of sp³-hybridized carbons (Fsp3) is 0.174. The molecule has 3 aromatic rings. The number of aryl methyl sites for hydroxylation is 1. The molecule has 30 heavy (non-hydrogen) atoms. The third-order valence-corrected chi connectivity index (χ3v) is 6.06. The van der Waals surface area contributed by atoms with E-state index < -0.39 is 10.0 Å². The largest absolute Gasteiger partial charge is 0.468 e. The van der Waals surface area contributed by atoms with Gasteiger partial charge in [-0.1, -0.05) is 36.4 Å². The minimum atomic E-state index is -3.65. The highest BCUT2D eigenvalue weighted by molar-refractivity contribution is 7.89. The van der Waals surface area contributed by atoms with Crippen LogP contribution in [0.5, 0.6) is 0 Å². The van der Waals surface area contributed by atoms with Crippen molar-refractivity contribution >= 4 is 22.0 Å². The van der Waals surface area contributed by atoms with Gasteiger partial charge in [-0.25, -0.2) is 13.1 Å². The summed E-state index contributed by atoms with van der Waals surface area (Å²) in [5.41, 5.74) is 2.90. The van der Waals surface area contributed by atoms with Crippen molar-refractivity contribution in [2.24, 2.45) is 0 Å². The Morgan fingerprint density at radius 3 is 2.47 bits per heavy atom. The molecular formula is C23H24N2O4S. The van der Waals surface area contributed by atoms with E-state index >= 15 is 0 Å². The van der Waals surface area contributed by atoms with Gasteiger partial charge in [0.15, 0.2) is 0 Å². The zero-order valence-corrected chi connectivity index (χ0v) is 17.6. The Balaban J connectivity index is 1.58. The lowest BCUT2D eigenvalue weighted by Crippen LogP contribution is -2.25. The fourth-order valence-electron chi connectivity index (χ4n) is 3.00. The molecule has 0 aliphatic rings. The lowest BCUT2D eigenvalue weighted by atomic mass is 10.0. The molecule has 1 atom stereocenters. The van der Waals surface area contributed by atoms with Crippen LogP contribution in [-0.2, 0) is 21.4 Å². The number of hydrogen-bond acceptors (Lipinski definition) is 4. The van der Waals surface area contributed by atoms with Crippen LogP contribution >= 0.6 is 0 Å². The van der Waals surface area contributed by atoms with Crippen LogP contribution in [0.25, 0.3) is 6.08 Å². The molecule has 2 N–H and O–H groups in total. The number of carbonyl (C=O) groups is 1. The topological polar surface area (TPSA) is 88.4 Å². The molecule has 6 nitrogen and oxygen atoms in total. The van der Waals surface area contributed by atoms with Crippen molar-refractivity contribution in [2.75, 3.05) is 0 Å². The molecule has 0 fully saturated rings. The molecule has 1 unspecified atom stereocenters. The number of sulfonamides is 1. The van der Waals surface area contributed by atoms with Crippen molar-refractivity contribution in [2.45, 2.75) is 31.3 Å². The minimum absolute atomic E-state index is 0.0796. The van der Waals surface area contributed by atoms with E-state index in [2.05, 4.69) is 10.0 Å². The van der Waals surface area contributed by atoms with E-state index in [0.29, 0.717) is 5.76 Å². The molecule has 156 valence electrons. The maximum absolute atomic E-state index is 12.4. The van der Waals surface area contributed by atoms with Gasteiger partial charge < -0.3 is 9.73 Å². The standard InChI is InChI=1S/C23H24N2O4S/c1-17-6-3-4-8-22(17)18(2)25-23(26)14-11-19-9-12-21(13-10-19)30(27,28)24-16-20-7-5-15-29-20/h3-15,18,24H,16H2,1-2H3,(H,25,26)/b14-11+. The molecular weight excluding hydrogens is 400 g/mol.